The van der Waals surface area contributed by atoms with Gasteiger partial charge in [0.2, 0.25) is 5.91 Å². The van der Waals surface area contributed by atoms with Gasteiger partial charge in [-0.1, -0.05) is 13.3 Å². The predicted molar refractivity (Wildman–Crippen MR) is 60.6 cm³/mol. The summed E-state index contributed by atoms with van der Waals surface area (Å²) in [6, 6.07) is -0.920. The van der Waals surface area contributed by atoms with Crippen LogP contribution in [0.2, 0.25) is 0 Å². The molecule has 0 aliphatic heterocycles. The van der Waals surface area contributed by atoms with Crippen molar-refractivity contribution in [1.29, 1.82) is 0 Å². The molecule has 0 spiro atoms. The summed E-state index contributed by atoms with van der Waals surface area (Å²) in [6.45, 7) is -0.104. The van der Waals surface area contributed by atoms with Crippen LogP contribution in [-0.2, 0) is 9.59 Å². The second kappa shape index (κ2) is 8.98. The lowest BCUT2D eigenvalue weighted by Gasteiger charge is -2.13. The minimum absolute atomic E-state index is 0. The average molecular weight is 293 g/mol. The molecule has 0 aliphatic carbocycles. The van der Waals surface area contributed by atoms with E-state index in [2.05, 4.69) is 5.32 Å². The van der Waals surface area contributed by atoms with Gasteiger partial charge in [-0.05, 0) is 6.42 Å². The normalized spacial score (nSPS) is 12.4. The highest BCUT2D eigenvalue weighted by Crippen LogP contribution is 2.11. The number of rotatable bonds is 7. The smallest absolute Gasteiger partial charge is 0.405 e. The molecule has 0 radical (unpaired) electrons. The first-order valence-electron chi connectivity index (χ1n) is 5.06. The summed E-state index contributed by atoms with van der Waals surface area (Å²) in [5.74, 6) is -2.01. The Morgan fingerprint density at radius 1 is 1.33 bits per heavy atom. The van der Waals surface area contributed by atoms with Gasteiger partial charge in [-0.2, -0.15) is 13.2 Å². The van der Waals surface area contributed by atoms with E-state index in [0.717, 1.165) is 0 Å². The Morgan fingerprint density at radius 2 is 1.89 bits per heavy atom. The van der Waals surface area contributed by atoms with E-state index in [9.17, 15) is 22.8 Å². The number of carbonyl (C=O) groups is 2. The molecular formula is C9H16ClF3N2O3. The molecule has 0 saturated carbocycles. The molecule has 0 heterocycles. The second-order valence-electron chi connectivity index (χ2n) is 3.45. The number of carboxylic acids is 1. The van der Waals surface area contributed by atoms with E-state index in [-0.39, 0.29) is 12.4 Å². The van der Waals surface area contributed by atoms with Crippen molar-refractivity contribution in [2.45, 2.75) is 32.0 Å². The quantitative estimate of drug-likeness (QED) is 0.652. The zero-order valence-electron chi connectivity index (χ0n) is 9.71. The Hall–Kier alpha value is -1.02. The molecule has 5 nitrogen and oxygen atoms in total. The number of halogens is 4. The van der Waals surface area contributed by atoms with E-state index in [4.69, 9.17) is 5.11 Å². The molecule has 9 heteroatoms. The summed E-state index contributed by atoms with van der Waals surface area (Å²) in [6.07, 6.45) is -3.57. The van der Waals surface area contributed by atoms with Crippen LogP contribution in [0.1, 0.15) is 19.8 Å². The maximum Gasteiger partial charge on any atom is 0.405 e. The van der Waals surface area contributed by atoms with E-state index in [1.165, 1.54) is 0 Å². The van der Waals surface area contributed by atoms with Crippen molar-refractivity contribution in [2.24, 2.45) is 0 Å². The molecule has 0 aromatic rings. The lowest BCUT2D eigenvalue weighted by atomic mass is 10.2. The van der Waals surface area contributed by atoms with Gasteiger partial charge >= 0.3 is 12.1 Å². The molecule has 0 aliphatic rings. The number of carboxylic acid groups (broad SMARTS) is 1. The minimum Gasteiger partial charge on any atom is -0.480 e. The highest BCUT2D eigenvalue weighted by molar-refractivity contribution is 5.85. The standard InChI is InChI=1S/C9H15F3N2O3.ClH/c1-2-3-6(8(16)17)13-4-7(15)14-5-9(10,11)12;/h6,13H,2-5H2,1H3,(H,14,15)(H,16,17);1H. The maximum atomic E-state index is 11.7. The maximum absolute atomic E-state index is 11.7. The van der Waals surface area contributed by atoms with Crippen molar-refractivity contribution < 1.29 is 27.9 Å². The van der Waals surface area contributed by atoms with Crippen molar-refractivity contribution in [1.82, 2.24) is 10.6 Å². The Morgan fingerprint density at radius 3 is 2.28 bits per heavy atom. The molecule has 1 atom stereocenters. The number of aliphatic carboxylic acids is 1. The van der Waals surface area contributed by atoms with Crippen LogP contribution >= 0.6 is 12.4 Å². The summed E-state index contributed by atoms with van der Waals surface area (Å²) >= 11 is 0. The minimum atomic E-state index is -4.47. The average Bonchev–Trinajstić information content (AvgIpc) is 2.19. The topological polar surface area (TPSA) is 78.4 Å². The molecule has 0 bridgehead atoms. The van der Waals surface area contributed by atoms with Gasteiger partial charge in [0.05, 0.1) is 6.54 Å². The molecule has 0 saturated heterocycles. The fourth-order valence-electron chi connectivity index (χ4n) is 1.08. The summed E-state index contributed by atoms with van der Waals surface area (Å²) in [5, 5.41) is 12.7. The largest absolute Gasteiger partial charge is 0.480 e. The Kier molecular flexibility index (Phi) is 9.64. The lowest BCUT2D eigenvalue weighted by Crippen LogP contribution is -2.44. The second-order valence-corrected chi connectivity index (χ2v) is 3.45. The van der Waals surface area contributed by atoms with Crippen molar-refractivity contribution in [2.75, 3.05) is 13.1 Å². The van der Waals surface area contributed by atoms with E-state index < -0.39 is 37.2 Å². The third kappa shape index (κ3) is 10.2. The monoisotopic (exact) mass is 292 g/mol. The Balaban J connectivity index is 0. The van der Waals surface area contributed by atoms with Crippen LogP contribution in [0.4, 0.5) is 13.2 Å². The summed E-state index contributed by atoms with van der Waals surface area (Å²) in [4.78, 5) is 21.6. The molecular weight excluding hydrogens is 277 g/mol. The molecule has 3 N–H and O–H groups in total. The van der Waals surface area contributed by atoms with Gasteiger partial charge in [-0.3, -0.25) is 14.9 Å². The zero-order chi connectivity index (χ0) is 13.5. The SMILES string of the molecule is CCCC(NCC(=O)NCC(F)(F)F)C(=O)O.Cl. The summed E-state index contributed by atoms with van der Waals surface area (Å²) < 4.78 is 35.2. The van der Waals surface area contributed by atoms with Crippen molar-refractivity contribution in [3.8, 4) is 0 Å². The highest BCUT2D eigenvalue weighted by atomic mass is 35.5. The highest BCUT2D eigenvalue weighted by Gasteiger charge is 2.27. The predicted octanol–water partition coefficient (Wildman–Crippen LogP) is 0.930. The van der Waals surface area contributed by atoms with Gasteiger partial charge in [-0.25, -0.2) is 0 Å². The lowest BCUT2D eigenvalue weighted by molar-refractivity contribution is -0.141. The molecule has 18 heavy (non-hydrogen) atoms. The number of hydrogen-bond acceptors (Lipinski definition) is 3. The van der Waals surface area contributed by atoms with E-state index >= 15 is 0 Å². The number of nitrogens with one attached hydrogen (secondary N) is 2. The van der Waals surface area contributed by atoms with Crippen LogP contribution in [0.3, 0.4) is 0 Å². The van der Waals surface area contributed by atoms with Crippen LogP contribution in [0.5, 0.6) is 0 Å². The molecule has 1 unspecified atom stereocenters. The third-order valence-corrected chi connectivity index (χ3v) is 1.87. The Labute approximate surface area is 109 Å². The van der Waals surface area contributed by atoms with E-state index in [1.54, 1.807) is 12.2 Å². The fourth-order valence-corrected chi connectivity index (χ4v) is 1.08. The van der Waals surface area contributed by atoms with Gasteiger partial charge < -0.3 is 10.4 Å². The van der Waals surface area contributed by atoms with E-state index in [1.807, 2.05) is 0 Å². The van der Waals surface area contributed by atoms with Crippen LogP contribution in [0.25, 0.3) is 0 Å². The van der Waals surface area contributed by atoms with Crippen molar-refractivity contribution in [3.05, 3.63) is 0 Å². The molecule has 0 aromatic heterocycles. The zero-order valence-corrected chi connectivity index (χ0v) is 10.5. The van der Waals surface area contributed by atoms with Gasteiger partial charge in [0, 0.05) is 0 Å². The first kappa shape index (κ1) is 19.3. The fraction of sp³-hybridized carbons (Fsp3) is 0.778. The molecule has 0 rings (SSSR count). The molecule has 0 aromatic carbocycles. The summed E-state index contributed by atoms with van der Waals surface area (Å²) in [7, 11) is 0. The number of amides is 1. The van der Waals surface area contributed by atoms with Crippen molar-refractivity contribution >= 4 is 24.3 Å². The summed E-state index contributed by atoms with van der Waals surface area (Å²) in [5.41, 5.74) is 0. The first-order valence-corrected chi connectivity index (χ1v) is 5.06. The van der Waals surface area contributed by atoms with Gasteiger partial charge in [0.15, 0.2) is 0 Å². The van der Waals surface area contributed by atoms with Crippen LogP contribution in [-0.4, -0.2) is 42.3 Å². The van der Waals surface area contributed by atoms with E-state index in [0.29, 0.717) is 12.8 Å². The van der Waals surface area contributed by atoms with Gasteiger partial charge in [-0.15, -0.1) is 12.4 Å². The number of carbonyl (C=O) groups excluding carboxylic acids is 1. The molecule has 1 amide bonds. The van der Waals surface area contributed by atoms with Crippen molar-refractivity contribution in [3.63, 3.8) is 0 Å². The van der Waals surface area contributed by atoms with Gasteiger partial charge in [0.25, 0.3) is 0 Å². The van der Waals surface area contributed by atoms with Crippen LogP contribution in [0, 0.1) is 0 Å². The van der Waals surface area contributed by atoms with Crippen LogP contribution in [0.15, 0.2) is 0 Å². The van der Waals surface area contributed by atoms with Gasteiger partial charge in [0.1, 0.15) is 12.6 Å². The molecule has 0 fully saturated rings. The van der Waals surface area contributed by atoms with Crippen LogP contribution < -0.4 is 10.6 Å². The first-order chi connectivity index (χ1) is 7.76. The number of hydrogen-bond donors (Lipinski definition) is 3. The Bertz CT molecular complexity index is 274. The molecule has 108 valence electrons. The third-order valence-electron chi connectivity index (χ3n) is 1.87. The number of alkyl halides is 3.